The van der Waals surface area contributed by atoms with E-state index in [-0.39, 0.29) is 0 Å². The maximum atomic E-state index is 5.34. The average Bonchev–Trinajstić information content (AvgIpc) is 2.45. The van der Waals surface area contributed by atoms with Gasteiger partial charge in [-0.25, -0.2) is 0 Å². The summed E-state index contributed by atoms with van der Waals surface area (Å²) < 4.78 is 5.34. The minimum Gasteiger partial charge on any atom is -0.496 e. The van der Waals surface area contributed by atoms with Gasteiger partial charge in [0.2, 0.25) is 0 Å². The molecule has 0 atom stereocenters. The van der Waals surface area contributed by atoms with Crippen LogP contribution in [-0.2, 0) is 6.42 Å². The van der Waals surface area contributed by atoms with Crippen LogP contribution in [0.1, 0.15) is 5.56 Å². The van der Waals surface area contributed by atoms with Gasteiger partial charge in [0, 0.05) is 32.7 Å². The van der Waals surface area contributed by atoms with Crippen LogP contribution in [-0.4, -0.2) is 44.7 Å². The maximum absolute atomic E-state index is 5.34. The van der Waals surface area contributed by atoms with E-state index in [0.717, 1.165) is 44.9 Å². The second-order valence-electron chi connectivity index (χ2n) is 4.54. The molecule has 1 N–H and O–H groups in total. The quantitative estimate of drug-likeness (QED) is 0.800. The maximum Gasteiger partial charge on any atom is 0.122 e. The number of ether oxygens (including phenoxy) is 1. The van der Waals surface area contributed by atoms with Crippen LogP contribution in [0.5, 0.6) is 5.75 Å². The summed E-state index contributed by atoms with van der Waals surface area (Å²) in [6.07, 6.45) is 5.44. The summed E-state index contributed by atoms with van der Waals surface area (Å²) in [5.41, 5.74) is 1.25. The average molecular weight is 246 g/mol. The normalized spacial score (nSPS) is 17.2. The molecule has 0 spiro atoms. The van der Waals surface area contributed by atoms with Gasteiger partial charge >= 0.3 is 0 Å². The van der Waals surface area contributed by atoms with Gasteiger partial charge in [0.25, 0.3) is 0 Å². The molecule has 0 aromatic heterocycles. The fourth-order valence-corrected chi connectivity index (χ4v) is 2.20. The summed E-state index contributed by atoms with van der Waals surface area (Å²) in [4.78, 5) is 2.47. The van der Waals surface area contributed by atoms with Crippen molar-refractivity contribution in [1.29, 1.82) is 0 Å². The van der Waals surface area contributed by atoms with Crippen molar-refractivity contribution in [3.63, 3.8) is 0 Å². The zero-order chi connectivity index (χ0) is 12.6. The summed E-state index contributed by atoms with van der Waals surface area (Å²) >= 11 is 0. The molecule has 0 saturated carbocycles. The molecule has 0 bridgehead atoms. The number of hydrogen-bond acceptors (Lipinski definition) is 3. The third-order valence-electron chi connectivity index (χ3n) is 3.27. The lowest BCUT2D eigenvalue weighted by atomic mass is 10.1. The van der Waals surface area contributed by atoms with Crippen molar-refractivity contribution in [2.75, 3.05) is 39.8 Å². The van der Waals surface area contributed by atoms with E-state index in [1.807, 2.05) is 12.1 Å². The minimum absolute atomic E-state index is 0.941. The van der Waals surface area contributed by atoms with Crippen LogP contribution in [0, 0.1) is 0 Å². The molecular weight excluding hydrogens is 224 g/mol. The number of rotatable bonds is 5. The van der Waals surface area contributed by atoms with E-state index in [1.54, 1.807) is 7.11 Å². The highest BCUT2D eigenvalue weighted by Crippen LogP contribution is 2.17. The number of piperazine rings is 1. The Morgan fingerprint density at radius 1 is 1.22 bits per heavy atom. The van der Waals surface area contributed by atoms with Crippen molar-refractivity contribution in [3.05, 3.63) is 42.0 Å². The predicted molar refractivity (Wildman–Crippen MR) is 75.1 cm³/mol. The Morgan fingerprint density at radius 3 is 2.78 bits per heavy atom. The van der Waals surface area contributed by atoms with Gasteiger partial charge in [-0.1, -0.05) is 30.4 Å². The lowest BCUT2D eigenvalue weighted by Gasteiger charge is -2.25. The standard InChI is InChI=1S/C15H22N2O/c1-18-15-8-3-2-6-14(15)7-4-5-11-17-12-9-16-10-13-17/h2-6,8,16H,7,9-13H2,1H3/b5-4-. The van der Waals surface area contributed by atoms with Crippen molar-refractivity contribution in [2.45, 2.75) is 6.42 Å². The third-order valence-corrected chi connectivity index (χ3v) is 3.27. The molecule has 1 aromatic carbocycles. The molecule has 1 heterocycles. The van der Waals surface area contributed by atoms with Gasteiger partial charge in [0.1, 0.15) is 5.75 Å². The number of para-hydroxylation sites is 1. The van der Waals surface area contributed by atoms with Crippen LogP contribution in [0.3, 0.4) is 0 Å². The Labute approximate surface area is 109 Å². The largest absolute Gasteiger partial charge is 0.496 e. The van der Waals surface area contributed by atoms with Crippen molar-refractivity contribution in [3.8, 4) is 5.75 Å². The lowest BCUT2D eigenvalue weighted by molar-refractivity contribution is 0.264. The monoisotopic (exact) mass is 246 g/mol. The van der Waals surface area contributed by atoms with Crippen molar-refractivity contribution in [1.82, 2.24) is 10.2 Å². The highest BCUT2D eigenvalue weighted by molar-refractivity contribution is 5.34. The molecule has 1 saturated heterocycles. The second kappa shape index (κ2) is 7.19. The van der Waals surface area contributed by atoms with Crippen LogP contribution < -0.4 is 10.1 Å². The molecule has 2 rings (SSSR count). The summed E-state index contributed by atoms with van der Waals surface area (Å²) in [6, 6.07) is 8.20. The zero-order valence-electron chi connectivity index (χ0n) is 11.1. The Kier molecular flexibility index (Phi) is 5.24. The Balaban J connectivity index is 1.79. The van der Waals surface area contributed by atoms with Crippen LogP contribution in [0.4, 0.5) is 0 Å². The molecule has 1 fully saturated rings. The van der Waals surface area contributed by atoms with Gasteiger partial charge in [-0.3, -0.25) is 4.90 Å². The number of nitrogens with one attached hydrogen (secondary N) is 1. The highest BCUT2D eigenvalue weighted by atomic mass is 16.5. The molecule has 98 valence electrons. The minimum atomic E-state index is 0.941. The van der Waals surface area contributed by atoms with Gasteiger partial charge in [0.15, 0.2) is 0 Å². The predicted octanol–water partition coefficient (Wildman–Crippen LogP) is 1.70. The smallest absolute Gasteiger partial charge is 0.122 e. The summed E-state index contributed by atoms with van der Waals surface area (Å²) in [5, 5.41) is 3.36. The fourth-order valence-electron chi connectivity index (χ4n) is 2.20. The van der Waals surface area contributed by atoms with E-state index in [4.69, 9.17) is 4.74 Å². The van der Waals surface area contributed by atoms with Crippen LogP contribution in [0.2, 0.25) is 0 Å². The molecule has 0 amide bonds. The van der Waals surface area contributed by atoms with Crippen LogP contribution >= 0.6 is 0 Å². The number of allylic oxidation sites excluding steroid dienone is 1. The molecule has 0 unspecified atom stereocenters. The zero-order valence-corrected chi connectivity index (χ0v) is 11.1. The summed E-state index contributed by atoms with van der Waals surface area (Å²) in [6.45, 7) is 5.58. The topological polar surface area (TPSA) is 24.5 Å². The first-order chi connectivity index (χ1) is 8.90. The molecule has 0 radical (unpaired) electrons. The SMILES string of the molecule is COc1ccccc1C/C=C\CN1CCNCC1. The highest BCUT2D eigenvalue weighted by Gasteiger charge is 2.06. The van der Waals surface area contributed by atoms with Crippen molar-refractivity contribution in [2.24, 2.45) is 0 Å². The van der Waals surface area contributed by atoms with Gasteiger partial charge in [0.05, 0.1) is 7.11 Å². The van der Waals surface area contributed by atoms with Crippen LogP contribution in [0.25, 0.3) is 0 Å². The lowest BCUT2D eigenvalue weighted by Crippen LogP contribution is -2.43. The van der Waals surface area contributed by atoms with Crippen molar-refractivity contribution < 1.29 is 4.74 Å². The van der Waals surface area contributed by atoms with Gasteiger partial charge in [-0.05, 0) is 18.1 Å². The van der Waals surface area contributed by atoms with Crippen molar-refractivity contribution >= 4 is 0 Å². The van der Waals surface area contributed by atoms with Gasteiger partial charge < -0.3 is 10.1 Å². The van der Waals surface area contributed by atoms with Crippen LogP contribution in [0.15, 0.2) is 36.4 Å². The Morgan fingerprint density at radius 2 is 2.00 bits per heavy atom. The molecule has 0 aliphatic carbocycles. The summed E-state index contributed by atoms with van der Waals surface area (Å²) in [5.74, 6) is 0.976. The van der Waals surface area contributed by atoms with E-state index >= 15 is 0 Å². The number of methoxy groups -OCH3 is 1. The molecule has 3 heteroatoms. The van der Waals surface area contributed by atoms with E-state index in [1.165, 1.54) is 5.56 Å². The van der Waals surface area contributed by atoms with E-state index < -0.39 is 0 Å². The van der Waals surface area contributed by atoms with E-state index in [9.17, 15) is 0 Å². The first kappa shape index (κ1) is 13.1. The first-order valence-corrected chi connectivity index (χ1v) is 6.60. The molecule has 3 nitrogen and oxygen atoms in total. The number of hydrogen-bond donors (Lipinski definition) is 1. The Hall–Kier alpha value is -1.32. The van der Waals surface area contributed by atoms with Gasteiger partial charge in [-0.15, -0.1) is 0 Å². The second-order valence-corrected chi connectivity index (χ2v) is 4.54. The number of nitrogens with zero attached hydrogens (tertiary/aromatic N) is 1. The summed E-state index contributed by atoms with van der Waals surface area (Å²) in [7, 11) is 1.73. The van der Waals surface area contributed by atoms with E-state index in [0.29, 0.717) is 0 Å². The first-order valence-electron chi connectivity index (χ1n) is 6.60. The van der Waals surface area contributed by atoms with Gasteiger partial charge in [-0.2, -0.15) is 0 Å². The fraction of sp³-hybridized carbons (Fsp3) is 0.467. The molecular formula is C15H22N2O. The molecule has 18 heavy (non-hydrogen) atoms. The van der Waals surface area contributed by atoms with E-state index in [2.05, 4.69) is 34.5 Å². The molecule has 1 aromatic rings. The third kappa shape index (κ3) is 3.86. The molecule has 1 aliphatic rings. The molecule has 1 aliphatic heterocycles. The Bertz CT molecular complexity index is 384. The number of benzene rings is 1.